The molecule has 0 aromatic carbocycles. The SMILES string of the molecule is COO.[PbH2]. The molecule has 0 spiro atoms. The molecule has 0 unspecified atom stereocenters. The Labute approximate surface area is 44.9 Å². The molecule has 0 saturated carbocycles. The van der Waals surface area contributed by atoms with E-state index in [9.17, 15) is 0 Å². The van der Waals surface area contributed by atoms with Gasteiger partial charge in [0.2, 0.25) is 0 Å². The summed E-state index contributed by atoms with van der Waals surface area (Å²) in [6.07, 6.45) is 0. The van der Waals surface area contributed by atoms with Crippen LogP contribution in [0.3, 0.4) is 0 Å². The molecule has 26 valence electrons. The maximum absolute atomic E-state index is 7.07. The molecular weight excluding hydrogens is 251 g/mol. The van der Waals surface area contributed by atoms with Crippen molar-refractivity contribution in [3.05, 3.63) is 0 Å². The van der Waals surface area contributed by atoms with Crippen molar-refractivity contribution in [3.8, 4) is 0 Å². The Morgan fingerprint density at radius 3 is 1.75 bits per heavy atom. The molecular formula is CH6O2Pb. The summed E-state index contributed by atoms with van der Waals surface area (Å²) < 4.78 is 0. The van der Waals surface area contributed by atoms with Crippen LogP contribution in [0.5, 0.6) is 0 Å². The van der Waals surface area contributed by atoms with Crippen LogP contribution in [-0.4, -0.2) is 39.7 Å². The molecule has 0 heterocycles. The predicted octanol–water partition coefficient (Wildman–Crippen LogP) is -0.810. The molecule has 2 radical (unpaired) electrons. The summed E-state index contributed by atoms with van der Waals surface area (Å²) in [5, 5.41) is 7.07. The average molecular weight is 257 g/mol. The van der Waals surface area contributed by atoms with Gasteiger partial charge in [0, 0.05) is 0 Å². The molecule has 0 aromatic rings. The van der Waals surface area contributed by atoms with Gasteiger partial charge in [0.1, 0.15) is 0 Å². The van der Waals surface area contributed by atoms with Gasteiger partial charge >= 0.3 is 27.3 Å². The van der Waals surface area contributed by atoms with Crippen molar-refractivity contribution in [1.82, 2.24) is 0 Å². The van der Waals surface area contributed by atoms with Crippen molar-refractivity contribution in [2.24, 2.45) is 0 Å². The maximum atomic E-state index is 7.07. The van der Waals surface area contributed by atoms with Crippen LogP contribution in [0, 0.1) is 0 Å². The van der Waals surface area contributed by atoms with E-state index >= 15 is 0 Å². The minimum atomic E-state index is 0. The van der Waals surface area contributed by atoms with Gasteiger partial charge in [0.05, 0.1) is 7.11 Å². The van der Waals surface area contributed by atoms with E-state index in [1.807, 2.05) is 0 Å². The molecule has 4 heavy (non-hydrogen) atoms. The van der Waals surface area contributed by atoms with Gasteiger partial charge in [-0.1, -0.05) is 0 Å². The van der Waals surface area contributed by atoms with Crippen LogP contribution in [0.2, 0.25) is 0 Å². The quantitative estimate of drug-likeness (QED) is 0.349. The number of hydrogen-bond acceptors (Lipinski definition) is 2. The van der Waals surface area contributed by atoms with Gasteiger partial charge in [0.15, 0.2) is 0 Å². The molecule has 1 N–H and O–H groups in total. The van der Waals surface area contributed by atoms with E-state index in [-0.39, 0.29) is 27.3 Å². The first-order valence-corrected chi connectivity index (χ1v) is 0.591. The zero-order valence-electron chi connectivity index (χ0n) is 2.56. The molecule has 0 fully saturated rings. The van der Waals surface area contributed by atoms with E-state index < -0.39 is 0 Å². The Bertz CT molecular complexity index is 6.00. The van der Waals surface area contributed by atoms with Crippen LogP contribution >= 0.6 is 0 Å². The van der Waals surface area contributed by atoms with Gasteiger partial charge in [-0.2, -0.15) is 0 Å². The Balaban J connectivity index is 0. The van der Waals surface area contributed by atoms with Gasteiger partial charge in [-0.05, 0) is 0 Å². The van der Waals surface area contributed by atoms with Crippen LogP contribution in [0.4, 0.5) is 0 Å². The summed E-state index contributed by atoms with van der Waals surface area (Å²) in [7, 11) is 1.18. The van der Waals surface area contributed by atoms with Crippen molar-refractivity contribution in [1.29, 1.82) is 0 Å². The van der Waals surface area contributed by atoms with Crippen LogP contribution in [0.1, 0.15) is 0 Å². The monoisotopic (exact) mass is 258 g/mol. The first kappa shape index (κ1) is 8.85. The summed E-state index contributed by atoms with van der Waals surface area (Å²) >= 11 is 0. The van der Waals surface area contributed by atoms with Crippen molar-refractivity contribution in [2.45, 2.75) is 0 Å². The first-order valence-electron chi connectivity index (χ1n) is 0.591. The molecule has 0 aliphatic carbocycles. The second-order valence-electron chi connectivity index (χ2n) is 0.183. The van der Waals surface area contributed by atoms with E-state index in [1.54, 1.807) is 0 Å². The zero-order valence-corrected chi connectivity index (χ0v) is 8.06. The summed E-state index contributed by atoms with van der Waals surface area (Å²) in [4.78, 5) is 3.25. The summed E-state index contributed by atoms with van der Waals surface area (Å²) in [6, 6.07) is 0. The molecule has 0 aliphatic rings. The Morgan fingerprint density at radius 1 is 1.75 bits per heavy atom. The van der Waals surface area contributed by atoms with E-state index in [2.05, 4.69) is 4.89 Å². The molecule has 0 amide bonds. The summed E-state index contributed by atoms with van der Waals surface area (Å²) in [5.41, 5.74) is 0. The topological polar surface area (TPSA) is 29.5 Å². The second kappa shape index (κ2) is 9.15. The predicted molar refractivity (Wildman–Crippen MR) is 18.2 cm³/mol. The molecule has 0 aliphatic heterocycles. The van der Waals surface area contributed by atoms with Crippen LogP contribution < -0.4 is 0 Å². The molecule has 0 saturated heterocycles. The molecule has 0 aromatic heterocycles. The Morgan fingerprint density at radius 2 is 1.75 bits per heavy atom. The van der Waals surface area contributed by atoms with Crippen LogP contribution in [-0.2, 0) is 4.89 Å². The fourth-order valence-corrected chi connectivity index (χ4v) is 0. The molecule has 0 bridgehead atoms. The first-order chi connectivity index (χ1) is 1.41. The minimum absolute atomic E-state index is 0. The molecule has 2 nitrogen and oxygen atoms in total. The molecule has 3 heteroatoms. The van der Waals surface area contributed by atoms with Crippen LogP contribution in [0.25, 0.3) is 0 Å². The summed E-state index contributed by atoms with van der Waals surface area (Å²) in [5.74, 6) is 0. The standard InChI is InChI=1S/CH4O2.Pb.2H/c1-3-2;;;/h2H,1H3;;;. The van der Waals surface area contributed by atoms with Gasteiger partial charge in [-0.25, -0.2) is 4.89 Å². The second-order valence-corrected chi connectivity index (χ2v) is 0.183. The van der Waals surface area contributed by atoms with Crippen LogP contribution in [0.15, 0.2) is 0 Å². The van der Waals surface area contributed by atoms with Gasteiger partial charge in [-0.3, -0.25) is 5.26 Å². The Hall–Kier alpha value is 0.842. The van der Waals surface area contributed by atoms with Gasteiger partial charge in [-0.15, -0.1) is 0 Å². The zero-order chi connectivity index (χ0) is 2.71. The summed E-state index contributed by atoms with van der Waals surface area (Å²) in [6.45, 7) is 0. The normalized spacial score (nSPS) is 4.50. The average Bonchev–Trinajstić information content (AvgIpc) is 0.918. The van der Waals surface area contributed by atoms with E-state index in [1.165, 1.54) is 7.11 Å². The van der Waals surface area contributed by atoms with E-state index in [4.69, 9.17) is 5.26 Å². The van der Waals surface area contributed by atoms with Crippen molar-refractivity contribution in [3.63, 3.8) is 0 Å². The van der Waals surface area contributed by atoms with E-state index in [0.717, 1.165) is 0 Å². The third kappa shape index (κ3) is 13.6. The third-order valence-electron chi connectivity index (χ3n) is 0. The fraction of sp³-hybridized carbons (Fsp3) is 1.00. The molecule has 0 rings (SSSR count). The number of rotatable bonds is 0. The van der Waals surface area contributed by atoms with Crippen molar-refractivity contribution >= 4 is 27.3 Å². The number of hydrogen-bond donors (Lipinski definition) is 1. The third-order valence-corrected chi connectivity index (χ3v) is 0. The van der Waals surface area contributed by atoms with E-state index in [0.29, 0.717) is 0 Å². The van der Waals surface area contributed by atoms with Crippen molar-refractivity contribution < 1.29 is 10.1 Å². The molecule has 0 atom stereocenters. The van der Waals surface area contributed by atoms with Crippen molar-refractivity contribution in [2.75, 3.05) is 7.11 Å². The van der Waals surface area contributed by atoms with Gasteiger partial charge in [0.25, 0.3) is 0 Å². The Kier molecular flexibility index (Phi) is 20.2. The van der Waals surface area contributed by atoms with Gasteiger partial charge < -0.3 is 0 Å². The fourth-order valence-electron chi connectivity index (χ4n) is 0.